The fourth-order valence-electron chi connectivity index (χ4n) is 0.725. The van der Waals surface area contributed by atoms with Gasteiger partial charge in [0, 0.05) is 10.7 Å². The van der Waals surface area contributed by atoms with Crippen LogP contribution in [0.1, 0.15) is 0 Å². The van der Waals surface area contributed by atoms with Crippen molar-refractivity contribution in [1.29, 1.82) is 0 Å². The molecule has 0 aliphatic heterocycles. The first-order chi connectivity index (χ1) is 5.72. The van der Waals surface area contributed by atoms with Crippen molar-refractivity contribution in [2.75, 3.05) is 5.32 Å². The standard InChI is InChI=1S/C7H7ClN2O2/c8-5-2-1-3-6(4-5)9-7(11)10-12/h1-4,12H,(H2,9,10,11). The number of carbonyl (C=O) groups excluding carboxylic acids is 1. The van der Waals surface area contributed by atoms with Gasteiger partial charge in [-0.15, -0.1) is 0 Å². The molecule has 1 rings (SSSR count). The Bertz CT molecular complexity index is 290. The van der Waals surface area contributed by atoms with E-state index in [4.69, 9.17) is 16.8 Å². The number of anilines is 1. The highest BCUT2D eigenvalue weighted by Gasteiger charge is 1.98. The summed E-state index contributed by atoms with van der Waals surface area (Å²) in [6, 6.07) is 5.90. The summed E-state index contributed by atoms with van der Waals surface area (Å²) < 4.78 is 0. The van der Waals surface area contributed by atoms with E-state index in [-0.39, 0.29) is 0 Å². The lowest BCUT2D eigenvalue weighted by molar-refractivity contribution is 0.172. The van der Waals surface area contributed by atoms with Crippen LogP contribution in [0.15, 0.2) is 24.3 Å². The molecule has 12 heavy (non-hydrogen) atoms. The number of urea groups is 1. The first-order valence-corrected chi connectivity index (χ1v) is 3.57. The van der Waals surface area contributed by atoms with Gasteiger partial charge in [0.15, 0.2) is 0 Å². The van der Waals surface area contributed by atoms with Crippen LogP contribution >= 0.6 is 11.6 Å². The normalized spacial score (nSPS) is 9.17. The van der Waals surface area contributed by atoms with Crippen LogP contribution in [0.5, 0.6) is 0 Å². The Morgan fingerprint density at radius 3 is 2.83 bits per heavy atom. The zero-order valence-electron chi connectivity index (χ0n) is 6.04. The number of carbonyl (C=O) groups is 1. The van der Waals surface area contributed by atoms with Crippen LogP contribution in [-0.2, 0) is 0 Å². The number of rotatable bonds is 1. The van der Waals surface area contributed by atoms with Gasteiger partial charge in [-0.2, -0.15) is 0 Å². The van der Waals surface area contributed by atoms with Crippen LogP contribution < -0.4 is 10.8 Å². The predicted octanol–water partition coefficient (Wildman–Crippen LogP) is 1.85. The second-order valence-corrected chi connectivity index (χ2v) is 2.51. The number of hydrogen-bond acceptors (Lipinski definition) is 2. The average molecular weight is 187 g/mol. The van der Waals surface area contributed by atoms with E-state index in [0.29, 0.717) is 10.7 Å². The first kappa shape index (κ1) is 8.83. The van der Waals surface area contributed by atoms with Crippen molar-refractivity contribution in [3.63, 3.8) is 0 Å². The summed E-state index contributed by atoms with van der Waals surface area (Å²) in [5.74, 6) is 0. The van der Waals surface area contributed by atoms with E-state index in [2.05, 4.69) is 5.32 Å². The number of halogens is 1. The topological polar surface area (TPSA) is 61.4 Å². The van der Waals surface area contributed by atoms with E-state index in [1.54, 1.807) is 24.3 Å². The van der Waals surface area contributed by atoms with Gasteiger partial charge in [-0.3, -0.25) is 5.21 Å². The van der Waals surface area contributed by atoms with Crippen molar-refractivity contribution in [2.45, 2.75) is 0 Å². The van der Waals surface area contributed by atoms with Gasteiger partial charge < -0.3 is 5.32 Å². The zero-order valence-corrected chi connectivity index (χ0v) is 6.80. The van der Waals surface area contributed by atoms with Gasteiger partial charge in [-0.1, -0.05) is 17.7 Å². The largest absolute Gasteiger partial charge is 0.342 e. The van der Waals surface area contributed by atoms with Gasteiger partial charge in [0.25, 0.3) is 0 Å². The molecule has 0 saturated carbocycles. The Balaban J connectivity index is 2.69. The summed E-state index contributed by atoms with van der Waals surface area (Å²) in [4.78, 5) is 10.6. The molecule has 1 aromatic rings. The molecule has 0 aliphatic rings. The van der Waals surface area contributed by atoms with Crippen molar-refractivity contribution in [1.82, 2.24) is 5.48 Å². The molecule has 0 fully saturated rings. The van der Waals surface area contributed by atoms with Crippen molar-refractivity contribution in [2.24, 2.45) is 0 Å². The maximum atomic E-state index is 10.6. The smallest absolute Gasteiger partial charge is 0.306 e. The second-order valence-electron chi connectivity index (χ2n) is 2.08. The molecule has 0 aromatic heterocycles. The highest BCUT2D eigenvalue weighted by Crippen LogP contribution is 2.14. The van der Waals surface area contributed by atoms with Crippen molar-refractivity contribution >= 4 is 23.3 Å². The third kappa shape index (κ3) is 2.41. The Hall–Kier alpha value is -1.26. The van der Waals surface area contributed by atoms with Crippen molar-refractivity contribution in [3.05, 3.63) is 29.3 Å². The molecule has 0 aliphatic carbocycles. The Kier molecular flexibility index (Phi) is 2.90. The summed E-state index contributed by atoms with van der Waals surface area (Å²) in [6.45, 7) is 0. The molecular formula is C7H7ClN2O2. The van der Waals surface area contributed by atoms with Crippen LogP contribution in [0.4, 0.5) is 10.5 Å². The van der Waals surface area contributed by atoms with Gasteiger partial charge in [0.05, 0.1) is 0 Å². The highest BCUT2D eigenvalue weighted by atomic mass is 35.5. The maximum absolute atomic E-state index is 10.6. The predicted molar refractivity (Wildman–Crippen MR) is 45.4 cm³/mol. The molecule has 0 saturated heterocycles. The Morgan fingerprint density at radius 1 is 1.50 bits per heavy atom. The van der Waals surface area contributed by atoms with E-state index in [0.717, 1.165) is 0 Å². The molecule has 0 heterocycles. The van der Waals surface area contributed by atoms with Gasteiger partial charge in [-0.25, -0.2) is 10.3 Å². The number of benzene rings is 1. The third-order valence-electron chi connectivity index (χ3n) is 1.18. The molecule has 4 nitrogen and oxygen atoms in total. The third-order valence-corrected chi connectivity index (χ3v) is 1.42. The maximum Gasteiger partial charge on any atom is 0.342 e. The Labute approximate surface area is 74.1 Å². The van der Waals surface area contributed by atoms with Gasteiger partial charge in [-0.05, 0) is 18.2 Å². The molecule has 5 heteroatoms. The lowest BCUT2D eigenvalue weighted by Gasteiger charge is -2.02. The molecule has 64 valence electrons. The summed E-state index contributed by atoms with van der Waals surface area (Å²) in [5, 5.41) is 11.0. The fraction of sp³-hybridized carbons (Fsp3) is 0. The number of hydrogen-bond donors (Lipinski definition) is 3. The molecule has 2 amide bonds. The summed E-state index contributed by atoms with van der Waals surface area (Å²) in [5.41, 5.74) is 1.96. The minimum atomic E-state index is -0.697. The number of amides is 2. The van der Waals surface area contributed by atoms with Crippen LogP contribution in [0.25, 0.3) is 0 Å². The fourth-order valence-corrected chi connectivity index (χ4v) is 0.916. The lowest BCUT2D eigenvalue weighted by atomic mass is 10.3. The molecule has 0 unspecified atom stereocenters. The van der Waals surface area contributed by atoms with Crippen molar-refractivity contribution < 1.29 is 10.0 Å². The van der Waals surface area contributed by atoms with E-state index in [1.165, 1.54) is 5.48 Å². The molecule has 0 spiro atoms. The van der Waals surface area contributed by atoms with E-state index < -0.39 is 6.03 Å². The summed E-state index contributed by atoms with van der Waals surface area (Å²) in [6.07, 6.45) is 0. The number of hydroxylamine groups is 1. The molecule has 3 N–H and O–H groups in total. The minimum absolute atomic E-state index is 0.519. The number of nitrogens with one attached hydrogen (secondary N) is 2. The molecule has 0 bridgehead atoms. The van der Waals surface area contributed by atoms with Crippen LogP contribution in [0.2, 0.25) is 5.02 Å². The van der Waals surface area contributed by atoms with Gasteiger partial charge >= 0.3 is 6.03 Å². The quantitative estimate of drug-likeness (QED) is 0.463. The van der Waals surface area contributed by atoms with Crippen LogP contribution in [0.3, 0.4) is 0 Å². The summed E-state index contributed by atoms with van der Waals surface area (Å²) >= 11 is 5.64. The van der Waals surface area contributed by atoms with Crippen LogP contribution in [-0.4, -0.2) is 11.2 Å². The van der Waals surface area contributed by atoms with E-state index in [9.17, 15) is 4.79 Å². The Morgan fingerprint density at radius 2 is 2.25 bits per heavy atom. The molecule has 0 atom stereocenters. The van der Waals surface area contributed by atoms with Crippen LogP contribution in [0, 0.1) is 0 Å². The summed E-state index contributed by atoms with van der Waals surface area (Å²) in [7, 11) is 0. The average Bonchev–Trinajstić information content (AvgIpc) is 2.04. The minimum Gasteiger partial charge on any atom is -0.306 e. The first-order valence-electron chi connectivity index (χ1n) is 3.19. The molecular weight excluding hydrogens is 180 g/mol. The van der Waals surface area contributed by atoms with E-state index in [1.807, 2.05) is 0 Å². The zero-order chi connectivity index (χ0) is 8.97. The van der Waals surface area contributed by atoms with Gasteiger partial charge in [0.2, 0.25) is 0 Å². The second kappa shape index (κ2) is 3.94. The lowest BCUT2D eigenvalue weighted by Crippen LogP contribution is -2.24. The van der Waals surface area contributed by atoms with Crippen molar-refractivity contribution in [3.8, 4) is 0 Å². The monoisotopic (exact) mass is 186 g/mol. The highest BCUT2D eigenvalue weighted by molar-refractivity contribution is 6.30. The van der Waals surface area contributed by atoms with E-state index >= 15 is 0 Å². The van der Waals surface area contributed by atoms with Gasteiger partial charge in [0.1, 0.15) is 0 Å². The molecule has 1 aromatic carbocycles. The molecule has 0 radical (unpaired) electrons. The SMILES string of the molecule is O=C(NO)Nc1cccc(Cl)c1.